The minimum absolute atomic E-state index is 0.0195. The van der Waals surface area contributed by atoms with Crippen molar-refractivity contribution in [3.05, 3.63) is 28.1 Å². The lowest BCUT2D eigenvalue weighted by Gasteiger charge is -2.11. The first-order valence-electron chi connectivity index (χ1n) is 5.82. The van der Waals surface area contributed by atoms with Crippen LogP contribution >= 0.6 is 0 Å². The molecule has 0 aliphatic rings. The molecule has 0 aliphatic heterocycles. The lowest BCUT2D eigenvalue weighted by molar-refractivity contribution is -0.384. The van der Waals surface area contributed by atoms with Gasteiger partial charge in [-0.15, -0.1) is 0 Å². The van der Waals surface area contributed by atoms with Crippen molar-refractivity contribution in [3.63, 3.8) is 0 Å². The van der Waals surface area contributed by atoms with Crippen LogP contribution in [0.4, 0.5) is 5.69 Å². The van der Waals surface area contributed by atoms with Crippen molar-refractivity contribution in [3.8, 4) is 0 Å². The molecule has 1 aromatic heterocycles. The van der Waals surface area contributed by atoms with E-state index in [-0.39, 0.29) is 17.6 Å². The molecular weight excluding hydrogens is 236 g/mol. The van der Waals surface area contributed by atoms with E-state index in [0.29, 0.717) is 25.2 Å². The van der Waals surface area contributed by atoms with Crippen molar-refractivity contribution in [2.75, 3.05) is 13.1 Å². The van der Waals surface area contributed by atoms with E-state index in [2.05, 4.69) is 5.32 Å². The summed E-state index contributed by atoms with van der Waals surface area (Å²) in [4.78, 5) is 22.1. The first-order chi connectivity index (χ1) is 8.47. The molecule has 0 atom stereocenters. The number of hydrogen-bond donors (Lipinski definition) is 2. The smallest absolute Gasteiger partial charge is 0.287 e. The molecule has 100 valence electrons. The quantitative estimate of drug-likeness (QED) is 0.450. The van der Waals surface area contributed by atoms with Crippen LogP contribution in [0.25, 0.3) is 0 Å². The molecule has 0 bridgehead atoms. The zero-order chi connectivity index (χ0) is 13.7. The lowest BCUT2D eigenvalue weighted by Crippen LogP contribution is -2.28. The number of carbonyl (C=O) groups is 1. The lowest BCUT2D eigenvalue weighted by atomic mass is 10.3. The SMILES string of the molecule is CC(C)n1cc([N+](=O)[O-])cc1C(=O)NCCCN. The summed E-state index contributed by atoms with van der Waals surface area (Å²) in [5, 5.41) is 13.4. The molecule has 1 rings (SSSR count). The highest BCUT2D eigenvalue weighted by Crippen LogP contribution is 2.20. The molecule has 0 radical (unpaired) electrons. The summed E-state index contributed by atoms with van der Waals surface area (Å²) in [6.07, 6.45) is 2.05. The van der Waals surface area contributed by atoms with Gasteiger partial charge in [0, 0.05) is 18.7 Å². The van der Waals surface area contributed by atoms with Crippen LogP contribution in [-0.2, 0) is 0 Å². The van der Waals surface area contributed by atoms with Crippen LogP contribution in [0.2, 0.25) is 0 Å². The predicted octanol–water partition coefficient (Wildman–Crippen LogP) is 1.06. The van der Waals surface area contributed by atoms with Crippen molar-refractivity contribution in [1.82, 2.24) is 9.88 Å². The largest absolute Gasteiger partial charge is 0.351 e. The fourth-order valence-corrected chi connectivity index (χ4v) is 1.57. The Morgan fingerprint density at radius 1 is 1.61 bits per heavy atom. The van der Waals surface area contributed by atoms with E-state index in [0.717, 1.165) is 0 Å². The second-order valence-corrected chi connectivity index (χ2v) is 4.24. The van der Waals surface area contributed by atoms with Gasteiger partial charge in [0.25, 0.3) is 11.6 Å². The van der Waals surface area contributed by atoms with Crippen molar-refractivity contribution in [1.29, 1.82) is 0 Å². The van der Waals surface area contributed by atoms with Crippen LogP contribution in [0.1, 0.15) is 36.8 Å². The molecule has 3 N–H and O–H groups in total. The third-order valence-electron chi connectivity index (χ3n) is 2.50. The van der Waals surface area contributed by atoms with Gasteiger partial charge in [-0.05, 0) is 26.8 Å². The number of hydrogen-bond acceptors (Lipinski definition) is 4. The third kappa shape index (κ3) is 3.30. The summed E-state index contributed by atoms with van der Waals surface area (Å²) in [6, 6.07) is 1.27. The molecule has 0 saturated carbocycles. The molecular formula is C11H18N4O3. The second-order valence-electron chi connectivity index (χ2n) is 4.24. The zero-order valence-electron chi connectivity index (χ0n) is 10.5. The monoisotopic (exact) mass is 254 g/mol. The van der Waals surface area contributed by atoms with Gasteiger partial charge in [0.05, 0.1) is 11.1 Å². The standard InChI is InChI=1S/C11H18N4O3/c1-8(2)14-7-9(15(17)18)6-10(14)11(16)13-5-3-4-12/h6-8H,3-5,12H2,1-2H3,(H,13,16). The van der Waals surface area contributed by atoms with Gasteiger partial charge in [-0.1, -0.05) is 0 Å². The van der Waals surface area contributed by atoms with Gasteiger partial charge in [0.1, 0.15) is 5.69 Å². The molecule has 0 fully saturated rings. The van der Waals surface area contributed by atoms with Gasteiger partial charge in [0.2, 0.25) is 0 Å². The molecule has 1 aromatic rings. The maximum Gasteiger partial charge on any atom is 0.287 e. The topological polar surface area (TPSA) is 103 Å². The Balaban J connectivity index is 2.91. The second kappa shape index (κ2) is 6.15. The molecule has 1 amide bonds. The van der Waals surface area contributed by atoms with Crippen LogP contribution in [0, 0.1) is 10.1 Å². The van der Waals surface area contributed by atoms with Gasteiger partial charge in [0.15, 0.2) is 0 Å². The minimum atomic E-state index is -0.504. The maximum absolute atomic E-state index is 11.9. The van der Waals surface area contributed by atoms with E-state index in [9.17, 15) is 14.9 Å². The van der Waals surface area contributed by atoms with Crippen molar-refractivity contribution >= 4 is 11.6 Å². The average Bonchev–Trinajstić information content (AvgIpc) is 2.74. The maximum atomic E-state index is 11.9. The van der Waals surface area contributed by atoms with E-state index in [1.807, 2.05) is 13.8 Å². The van der Waals surface area contributed by atoms with Crippen LogP contribution in [0.15, 0.2) is 12.3 Å². The van der Waals surface area contributed by atoms with E-state index in [4.69, 9.17) is 5.73 Å². The summed E-state index contributed by atoms with van der Waals surface area (Å²) in [7, 11) is 0. The highest BCUT2D eigenvalue weighted by atomic mass is 16.6. The zero-order valence-corrected chi connectivity index (χ0v) is 10.5. The number of nitrogens with two attached hydrogens (primary N) is 1. The minimum Gasteiger partial charge on any atom is -0.351 e. The van der Waals surface area contributed by atoms with Gasteiger partial charge >= 0.3 is 0 Å². The number of amides is 1. The molecule has 0 aliphatic carbocycles. The summed E-state index contributed by atoms with van der Waals surface area (Å²) >= 11 is 0. The number of nitrogens with one attached hydrogen (secondary N) is 1. The summed E-state index contributed by atoms with van der Waals surface area (Å²) in [5.41, 5.74) is 5.55. The van der Waals surface area contributed by atoms with Crippen LogP contribution in [-0.4, -0.2) is 28.5 Å². The first-order valence-corrected chi connectivity index (χ1v) is 5.82. The highest BCUT2D eigenvalue weighted by Gasteiger charge is 2.20. The fraction of sp³-hybridized carbons (Fsp3) is 0.545. The molecule has 7 heteroatoms. The molecule has 0 saturated heterocycles. The van der Waals surface area contributed by atoms with E-state index in [1.165, 1.54) is 12.3 Å². The number of nitro groups is 1. The summed E-state index contributed by atoms with van der Waals surface area (Å²) in [6.45, 7) is 4.68. The molecule has 0 aromatic carbocycles. The number of aromatic nitrogens is 1. The number of carbonyl (C=O) groups excluding carboxylic acids is 1. The number of rotatable bonds is 6. The average molecular weight is 254 g/mol. The van der Waals surface area contributed by atoms with Gasteiger partial charge in [-0.3, -0.25) is 14.9 Å². The Bertz CT molecular complexity index is 439. The number of nitrogens with zero attached hydrogens (tertiary/aromatic N) is 2. The van der Waals surface area contributed by atoms with Crippen LogP contribution in [0.3, 0.4) is 0 Å². The Kier molecular flexibility index (Phi) is 4.85. The summed E-state index contributed by atoms with van der Waals surface area (Å²) in [5.74, 6) is -0.315. The molecule has 0 unspecified atom stereocenters. The van der Waals surface area contributed by atoms with Crippen LogP contribution in [0.5, 0.6) is 0 Å². The van der Waals surface area contributed by atoms with Gasteiger partial charge in [-0.25, -0.2) is 0 Å². The van der Waals surface area contributed by atoms with Crippen molar-refractivity contribution in [2.45, 2.75) is 26.3 Å². The van der Waals surface area contributed by atoms with Gasteiger partial charge < -0.3 is 15.6 Å². The Labute approximate surface area is 105 Å². The van der Waals surface area contributed by atoms with Gasteiger partial charge in [-0.2, -0.15) is 0 Å². The highest BCUT2D eigenvalue weighted by molar-refractivity contribution is 5.93. The van der Waals surface area contributed by atoms with E-state index < -0.39 is 4.92 Å². The molecule has 1 heterocycles. The van der Waals surface area contributed by atoms with Crippen LogP contribution < -0.4 is 11.1 Å². The van der Waals surface area contributed by atoms with E-state index in [1.54, 1.807) is 4.57 Å². The van der Waals surface area contributed by atoms with E-state index >= 15 is 0 Å². The van der Waals surface area contributed by atoms with Crippen molar-refractivity contribution < 1.29 is 9.72 Å². The predicted molar refractivity (Wildman–Crippen MR) is 67.5 cm³/mol. The normalized spacial score (nSPS) is 10.7. The molecule has 7 nitrogen and oxygen atoms in total. The summed E-state index contributed by atoms with van der Waals surface area (Å²) < 4.78 is 1.59. The Hall–Kier alpha value is -1.89. The Morgan fingerprint density at radius 3 is 2.78 bits per heavy atom. The fourth-order valence-electron chi connectivity index (χ4n) is 1.57. The molecule has 0 spiro atoms. The Morgan fingerprint density at radius 2 is 2.28 bits per heavy atom. The molecule has 18 heavy (non-hydrogen) atoms. The van der Waals surface area contributed by atoms with Crippen molar-refractivity contribution in [2.24, 2.45) is 5.73 Å². The first kappa shape index (κ1) is 14.2. The third-order valence-corrected chi connectivity index (χ3v) is 2.50.